The van der Waals surface area contributed by atoms with Gasteiger partial charge in [-0.15, -0.1) is 0 Å². The van der Waals surface area contributed by atoms with Crippen molar-refractivity contribution in [2.45, 2.75) is 6.54 Å². The highest BCUT2D eigenvalue weighted by Crippen LogP contribution is 2.04. The van der Waals surface area contributed by atoms with Crippen LogP contribution in [-0.2, 0) is 6.54 Å². The molecule has 106 valence electrons. The summed E-state index contributed by atoms with van der Waals surface area (Å²) >= 11 is 0. The second-order valence-electron chi connectivity index (χ2n) is 4.52. The van der Waals surface area contributed by atoms with Gasteiger partial charge >= 0.3 is 0 Å². The third kappa shape index (κ3) is 2.40. The molecule has 0 spiro atoms. The van der Waals surface area contributed by atoms with Crippen molar-refractivity contribution in [2.24, 2.45) is 0 Å². The summed E-state index contributed by atoms with van der Waals surface area (Å²) < 4.78 is 1.24. The van der Waals surface area contributed by atoms with Crippen LogP contribution >= 0.6 is 0 Å². The minimum absolute atomic E-state index is 0.163. The van der Waals surface area contributed by atoms with E-state index in [9.17, 15) is 9.59 Å². The van der Waals surface area contributed by atoms with Gasteiger partial charge in [0.2, 0.25) is 0 Å². The fourth-order valence-electron chi connectivity index (χ4n) is 2.09. The van der Waals surface area contributed by atoms with Gasteiger partial charge < -0.3 is 5.32 Å². The van der Waals surface area contributed by atoms with Crippen LogP contribution in [0.3, 0.4) is 0 Å². The quantitative estimate of drug-likeness (QED) is 0.733. The van der Waals surface area contributed by atoms with Gasteiger partial charge in [-0.1, -0.05) is 12.1 Å². The van der Waals surface area contributed by atoms with E-state index in [1.54, 1.807) is 43.7 Å². The summed E-state index contributed by atoms with van der Waals surface area (Å²) in [6.07, 6.45) is 3.13. The number of anilines is 1. The standard InChI is InChI=1S/C14H13N5O2/c1-15-12-7-16-9(6-17-12)8-19-14(21)11-5-3-2-4-10(11)13(20)18-19/h2-7H,8H2,1H3,(H,15,17)(H,18,20). The number of fused-ring (bicyclic) bond motifs is 1. The topological polar surface area (TPSA) is 92.7 Å². The number of benzene rings is 1. The van der Waals surface area contributed by atoms with Crippen molar-refractivity contribution in [1.82, 2.24) is 19.7 Å². The maximum Gasteiger partial charge on any atom is 0.273 e. The molecule has 0 unspecified atom stereocenters. The van der Waals surface area contributed by atoms with Crippen molar-refractivity contribution in [3.63, 3.8) is 0 Å². The van der Waals surface area contributed by atoms with Crippen molar-refractivity contribution >= 4 is 16.6 Å². The maximum absolute atomic E-state index is 12.3. The Morgan fingerprint density at radius 1 is 1.14 bits per heavy atom. The minimum Gasteiger partial charge on any atom is -0.372 e. The Hall–Kier alpha value is -2.96. The number of nitrogens with one attached hydrogen (secondary N) is 2. The second kappa shape index (κ2) is 5.20. The van der Waals surface area contributed by atoms with E-state index in [0.29, 0.717) is 22.3 Å². The molecule has 2 N–H and O–H groups in total. The lowest BCUT2D eigenvalue weighted by molar-refractivity contribution is 0.624. The van der Waals surface area contributed by atoms with Gasteiger partial charge in [-0.2, -0.15) is 0 Å². The summed E-state index contributed by atoms with van der Waals surface area (Å²) in [5.41, 5.74) is 0.0247. The average Bonchev–Trinajstić information content (AvgIpc) is 2.53. The van der Waals surface area contributed by atoms with Crippen molar-refractivity contribution in [1.29, 1.82) is 0 Å². The number of aromatic amines is 1. The Kier molecular flexibility index (Phi) is 3.23. The third-order valence-corrected chi connectivity index (χ3v) is 3.17. The molecule has 0 aliphatic carbocycles. The molecule has 0 amide bonds. The van der Waals surface area contributed by atoms with Crippen LogP contribution in [0.5, 0.6) is 0 Å². The summed E-state index contributed by atoms with van der Waals surface area (Å²) in [4.78, 5) is 32.6. The summed E-state index contributed by atoms with van der Waals surface area (Å²) in [7, 11) is 1.75. The first kappa shape index (κ1) is 13.0. The number of aromatic nitrogens is 4. The molecule has 1 aromatic carbocycles. The summed E-state index contributed by atoms with van der Waals surface area (Å²) in [5, 5.41) is 6.20. The van der Waals surface area contributed by atoms with Crippen LogP contribution in [0.15, 0.2) is 46.2 Å². The molecule has 0 bridgehead atoms. The van der Waals surface area contributed by atoms with Crippen molar-refractivity contribution in [2.75, 3.05) is 12.4 Å². The zero-order chi connectivity index (χ0) is 14.8. The van der Waals surface area contributed by atoms with Gasteiger partial charge in [0, 0.05) is 7.05 Å². The first-order valence-corrected chi connectivity index (χ1v) is 6.39. The van der Waals surface area contributed by atoms with Crippen LogP contribution in [0, 0.1) is 0 Å². The molecule has 0 saturated heterocycles. The van der Waals surface area contributed by atoms with E-state index >= 15 is 0 Å². The molecule has 7 heteroatoms. The van der Waals surface area contributed by atoms with Gasteiger partial charge in [-0.3, -0.25) is 19.7 Å². The molecule has 3 rings (SSSR count). The molecule has 21 heavy (non-hydrogen) atoms. The van der Waals surface area contributed by atoms with Crippen LogP contribution in [0.1, 0.15) is 5.69 Å². The molecule has 0 radical (unpaired) electrons. The highest BCUT2D eigenvalue weighted by molar-refractivity contribution is 5.80. The van der Waals surface area contributed by atoms with Crippen LogP contribution < -0.4 is 16.4 Å². The SMILES string of the molecule is CNc1cnc(Cn2[nH]c(=O)c3ccccc3c2=O)cn1. The zero-order valence-corrected chi connectivity index (χ0v) is 11.3. The van der Waals surface area contributed by atoms with Gasteiger partial charge in [0.1, 0.15) is 5.82 Å². The highest BCUT2D eigenvalue weighted by atomic mass is 16.2. The molecule has 0 fully saturated rings. The first-order chi connectivity index (χ1) is 10.2. The first-order valence-electron chi connectivity index (χ1n) is 6.39. The third-order valence-electron chi connectivity index (χ3n) is 3.17. The summed E-state index contributed by atoms with van der Waals surface area (Å²) in [5.74, 6) is 0.637. The molecule has 0 atom stereocenters. The van der Waals surface area contributed by atoms with Crippen LogP contribution in [-0.4, -0.2) is 26.8 Å². The molecular formula is C14H13N5O2. The van der Waals surface area contributed by atoms with E-state index in [1.165, 1.54) is 4.68 Å². The lowest BCUT2D eigenvalue weighted by Crippen LogP contribution is -2.30. The van der Waals surface area contributed by atoms with E-state index in [-0.39, 0.29) is 17.7 Å². The predicted octanol–water partition coefficient (Wildman–Crippen LogP) is 0.570. The average molecular weight is 283 g/mol. The minimum atomic E-state index is -0.301. The van der Waals surface area contributed by atoms with Crippen LogP contribution in [0.2, 0.25) is 0 Å². The van der Waals surface area contributed by atoms with E-state index < -0.39 is 0 Å². The number of rotatable bonds is 3. The van der Waals surface area contributed by atoms with Gasteiger partial charge in [0.05, 0.1) is 35.4 Å². The molecule has 0 aliphatic heterocycles. The van der Waals surface area contributed by atoms with E-state index in [0.717, 1.165) is 0 Å². The Morgan fingerprint density at radius 2 is 1.90 bits per heavy atom. The van der Waals surface area contributed by atoms with Crippen molar-refractivity contribution in [3.8, 4) is 0 Å². The maximum atomic E-state index is 12.3. The molecule has 0 saturated carbocycles. The van der Waals surface area contributed by atoms with Gasteiger partial charge in [0.25, 0.3) is 11.1 Å². The lowest BCUT2D eigenvalue weighted by Gasteiger charge is -2.07. The summed E-state index contributed by atoms with van der Waals surface area (Å²) in [6, 6.07) is 6.72. The smallest absolute Gasteiger partial charge is 0.273 e. The second-order valence-corrected chi connectivity index (χ2v) is 4.52. The molecule has 0 aliphatic rings. The van der Waals surface area contributed by atoms with Crippen LogP contribution in [0.4, 0.5) is 5.82 Å². The Morgan fingerprint density at radius 3 is 2.57 bits per heavy atom. The summed E-state index contributed by atoms with van der Waals surface area (Å²) in [6.45, 7) is 0.163. The number of hydrogen-bond donors (Lipinski definition) is 2. The molecular weight excluding hydrogens is 270 g/mol. The normalized spacial score (nSPS) is 10.7. The molecule has 7 nitrogen and oxygen atoms in total. The van der Waals surface area contributed by atoms with Gasteiger partial charge in [-0.05, 0) is 12.1 Å². The van der Waals surface area contributed by atoms with E-state index in [2.05, 4.69) is 20.4 Å². The molecule has 3 aromatic rings. The van der Waals surface area contributed by atoms with Gasteiger partial charge in [0.15, 0.2) is 0 Å². The lowest BCUT2D eigenvalue weighted by atomic mass is 10.2. The van der Waals surface area contributed by atoms with Crippen molar-refractivity contribution < 1.29 is 0 Å². The van der Waals surface area contributed by atoms with Crippen molar-refractivity contribution in [3.05, 3.63) is 63.1 Å². The largest absolute Gasteiger partial charge is 0.372 e. The number of nitrogens with zero attached hydrogens (tertiary/aromatic N) is 3. The highest BCUT2D eigenvalue weighted by Gasteiger charge is 2.07. The fraction of sp³-hybridized carbons (Fsp3) is 0.143. The Bertz CT molecular complexity index is 896. The van der Waals surface area contributed by atoms with E-state index in [1.807, 2.05) is 0 Å². The van der Waals surface area contributed by atoms with E-state index in [4.69, 9.17) is 0 Å². The fourth-order valence-corrected chi connectivity index (χ4v) is 2.09. The number of H-pyrrole nitrogens is 1. The monoisotopic (exact) mass is 283 g/mol. The number of hydrogen-bond acceptors (Lipinski definition) is 5. The molecule has 2 heterocycles. The molecule has 2 aromatic heterocycles. The Balaban J connectivity index is 2.06. The van der Waals surface area contributed by atoms with Crippen LogP contribution in [0.25, 0.3) is 10.8 Å². The zero-order valence-electron chi connectivity index (χ0n) is 11.3. The predicted molar refractivity (Wildman–Crippen MR) is 79.5 cm³/mol. The van der Waals surface area contributed by atoms with Gasteiger partial charge in [-0.25, -0.2) is 9.67 Å². The Labute approximate surface area is 119 Å².